The average Bonchev–Trinajstić information content (AvgIpc) is 0.769. The number of hydrogen-bond acceptors (Lipinski definition) is 6. The SMILES string of the molecule is C=C/C=C(\C=N)c1ccc(-c2cc(-c3ccc(-c4cc5ccccc5c5ccccc45)cc3)nc(-c3ccc(-c4ccccc4)cc3)n2)cc1.c1cncc(-c2ccc(-c3cc(-c4ccc(-c5cccc6ccccc56)cc4)nc(-c4ccc(-c5cccc6ccccc56)cc4)n3)cc2)c1. The van der Waals surface area contributed by atoms with E-state index in [1.165, 1.54) is 77.1 Å². The second-order valence-corrected chi connectivity index (χ2v) is 24.7. The van der Waals surface area contributed by atoms with Crippen molar-refractivity contribution >= 4 is 54.9 Å². The summed E-state index contributed by atoms with van der Waals surface area (Å²) in [5, 5.41) is 17.8. The molecule has 3 heterocycles. The van der Waals surface area contributed by atoms with Gasteiger partial charge in [-0.05, 0) is 134 Å². The van der Waals surface area contributed by atoms with Crippen LogP contribution in [0, 0.1) is 5.41 Å². The molecule has 470 valence electrons. The van der Waals surface area contributed by atoms with Crippen molar-refractivity contribution in [3.63, 3.8) is 0 Å². The molecule has 14 aromatic carbocycles. The molecule has 0 unspecified atom stereocenters. The Bertz CT molecular complexity index is 5720. The summed E-state index contributed by atoms with van der Waals surface area (Å²) in [5.74, 6) is 1.36. The van der Waals surface area contributed by atoms with E-state index in [9.17, 15) is 0 Å². The fourth-order valence-corrected chi connectivity index (χ4v) is 13.4. The van der Waals surface area contributed by atoms with Gasteiger partial charge >= 0.3 is 0 Å². The van der Waals surface area contributed by atoms with Gasteiger partial charge in [-0.2, -0.15) is 0 Å². The molecule has 0 aliphatic carbocycles. The van der Waals surface area contributed by atoms with Gasteiger partial charge in [-0.3, -0.25) is 4.98 Å². The summed E-state index contributed by atoms with van der Waals surface area (Å²) in [5.41, 5.74) is 22.8. The zero-order valence-electron chi connectivity index (χ0n) is 54.7. The average molecular weight is 1280 g/mol. The van der Waals surface area contributed by atoms with Crippen molar-refractivity contribution in [1.82, 2.24) is 24.9 Å². The summed E-state index contributed by atoms with van der Waals surface area (Å²) in [6, 6.07) is 119. The number of nitrogens with zero attached hydrogens (tertiary/aromatic N) is 5. The monoisotopic (exact) mass is 1280 g/mol. The van der Waals surface area contributed by atoms with Crippen LogP contribution >= 0.6 is 0 Å². The molecule has 0 saturated heterocycles. The van der Waals surface area contributed by atoms with Crippen molar-refractivity contribution in [2.45, 2.75) is 0 Å². The first-order chi connectivity index (χ1) is 49.4. The molecule has 17 aromatic rings. The van der Waals surface area contributed by atoms with Crippen molar-refractivity contribution in [2.24, 2.45) is 0 Å². The number of allylic oxidation sites excluding steroid dienone is 3. The Morgan fingerprint density at radius 2 is 0.630 bits per heavy atom. The third-order valence-electron chi connectivity index (χ3n) is 18.6. The van der Waals surface area contributed by atoms with Crippen LogP contribution < -0.4 is 0 Å². The van der Waals surface area contributed by atoms with E-state index in [-0.39, 0.29) is 0 Å². The molecule has 1 N–H and O–H groups in total. The predicted molar refractivity (Wildman–Crippen MR) is 419 cm³/mol. The molecule has 0 spiro atoms. The normalized spacial score (nSPS) is 11.3. The van der Waals surface area contributed by atoms with Crippen LogP contribution in [0.5, 0.6) is 0 Å². The molecule has 17 rings (SSSR count). The molecule has 100 heavy (non-hydrogen) atoms. The van der Waals surface area contributed by atoms with E-state index in [2.05, 4.69) is 327 Å². The van der Waals surface area contributed by atoms with Gasteiger partial charge in [-0.15, -0.1) is 0 Å². The van der Waals surface area contributed by atoms with E-state index in [0.29, 0.717) is 11.6 Å². The largest absolute Gasteiger partial charge is 0.308 e. The lowest BCUT2D eigenvalue weighted by Crippen LogP contribution is -1.96. The van der Waals surface area contributed by atoms with E-state index < -0.39 is 0 Å². The number of aromatic nitrogens is 5. The maximum absolute atomic E-state index is 7.82. The predicted octanol–water partition coefficient (Wildman–Crippen LogP) is 24.5. The van der Waals surface area contributed by atoms with E-state index in [0.717, 1.165) is 95.1 Å². The Hall–Kier alpha value is -13.4. The lowest BCUT2D eigenvalue weighted by Gasteiger charge is -2.13. The first-order valence-corrected chi connectivity index (χ1v) is 33.5. The van der Waals surface area contributed by atoms with Gasteiger partial charge in [0.1, 0.15) is 0 Å². The third kappa shape index (κ3) is 12.7. The van der Waals surface area contributed by atoms with Gasteiger partial charge < -0.3 is 5.41 Å². The molecule has 6 nitrogen and oxygen atoms in total. The van der Waals surface area contributed by atoms with Crippen LogP contribution in [0.3, 0.4) is 0 Å². The Balaban J connectivity index is 0.000000156. The molecule has 6 heteroatoms. The third-order valence-corrected chi connectivity index (χ3v) is 18.6. The molecule has 0 amide bonds. The summed E-state index contributed by atoms with van der Waals surface area (Å²) >= 11 is 0. The minimum absolute atomic E-state index is 0.664. The van der Waals surface area contributed by atoms with Crippen LogP contribution in [0.1, 0.15) is 5.56 Å². The molecular weight excluding hydrogens is 1210 g/mol. The number of rotatable bonds is 14. The lowest BCUT2D eigenvalue weighted by molar-refractivity contribution is 1.18. The second-order valence-electron chi connectivity index (χ2n) is 24.7. The fourth-order valence-electron chi connectivity index (χ4n) is 13.4. The number of hydrogen-bond donors (Lipinski definition) is 1. The van der Waals surface area contributed by atoms with Crippen molar-refractivity contribution in [3.05, 3.63) is 376 Å². The fraction of sp³-hybridized carbons (Fsp3) is 0. The van der Waals surface area contributed by atoms with E-state index >= 15 is 0 Å². The molecule has 0 saturated carbocycles. The van der Waals surface area contributed by atoms with Gasteiger partial charge in [0.05, 0.1) is 22.8 Å². The highest BCUT2D eigenvalue weighted by molar-refractivity contribution is 6.14. The minimum atomic E-state index is 0.664. The maximum atomic E-state index is 7.82. The number of pyridine rings is 1. The summed E-state index contributed by atoms with van der Waals surface area (Å²) in [4.78, 5) is 24.8. The topological polar surface area (TPSA) is 88.3 Å². The van der Waals surface area contributed by atoms with Crippen molar-refractivity contribution < 1.29 is 0 Å². The molecule has 0 atom stereocenters. The Kier molecular flexibility index (Phi) is 17.0. The molecule has 3 aromatic heterocycles. The molecule has 0 fully saturated rings. The van der Waals surface area contributed by atoms with Crippen LogP contribution in [0.2, 0.25) is 0 Å². The van der Waals surface area contributed by atoms with Gasteiger partial charge in [0.2, 0.25) is 0 Å². The van der Waals surface area contributed by atoms with Crippen LogP contribution in [0.4, 0.5) is 0 Å². The smallest absolute Gasteiger partial charge is 0.160 e. The summed E-state index contributed by atoms with van der Waals surface area (Å²) in [6.07, 6.45) is 8.58. The quantitative estimate of drug-likeness (QED) is 0.0666. The van der Waals surface area contributed by atoms with Gasteiger partial charge in [-0.25, -0.2) is 19.9 Å². The Morgan fingerprint density at radius 1 is 0.270 bits per heavy atom. The zero-order chi connectivity index (χ0) is 67.1. The molecular formula is C94H64N6. The highest BCUT2D eigenvalue weighted by Crippen LogP contribution is 2.39. The zero-order valence-corrected chi connectivity index (χ0v) is 54.7. The Labute approximate surface area is 581 Å². The van der Waals surface area contributed by atoms with Crippen LogP contribution in [-0.2, 0) is 0 Å². The lowest BCUT2D eigenvalue weighted by atomic mass is 9.92. The molecule has 0 bridgehead atoms. The summed E-state index contributed by atoms with van der Waals surface area (Å²) in [7, 11) is 0. The van der Waals surface area contributed by atoms with Gasteiger partial charge in [0, 0.05) is 52.0 Å². The van der Waals surface area contributed by atoms with E-state index in [1.54, 1.807) is 12.3 Å². The van der Waals surface area contributed by atoms with Crippen molar-refractivity contribution in [2.75, 3.05) is 0 Å². The molecule has 0 radical (unpaired) electrons. The first-order valence-electron chi connectivity index (χ1n) is 33.5. The minimum Gasteiger partial charge on any atom is -0.308 e. The van der Waals surface area contributed by atoms with Crippen LogP contribution in [-0.4, -0.2) is 31.1 Å². The highest BCUT2D eigenvalue weighted by Gasteiger charge is 2.17. The second kappa shape index (κ2) is 27.7. The number of benzene rings is 14. The van der Waals surface area contributed by atoms with Crippen molar-refractivity contribution in [3.8, 4) is 123 Å². The Morgan fingerprint density at radius 3 is 1.10 bits per heavy atom. The van der Waals surface area contributed by atoms with Gasteiger partial charge in [0.15, 0.2) is 11.6 Å². The van der Waals surface area contributed by atoms with Crippen LogP contribution in [0.15, 0.2) is 371 Å². The number of fused-ring (bicyclic) bond motifs is 5. The van der Waals surface area contributed by atoms with E-state index in [4.69, 9.17) is 25.3 Å². The van der Waals surface area contributed by atoms with Crippen molar-refractivity contribution in [1.29, 1.82) is 5.41 Å². The van der Waals surface area contributed by atoms with Gasteiger partial charge in [0.25, 0.3) is 0 Å². The summed E-state index contributed by atoms with van der Waals surface area (Å²) < 4.78 is 0. The molecule has 0 aliphatic rings. The highest BCUT2D eigenvalue weighted by atomic mass is 14.9. The molecule has 0 aliphatic heterocycles. The van der Waals surface area contributed by atoms with E-state index in [1.807, 2.05) is 36.5 Å². The van der Waals surface area contributed by atoms with Gasteiger partial charge in [-0.1, -0.05) is 334 Å². The standard InChI is InChI=1S/C47H31N3.C47H33N3/c1-3-13-41-33(8-1)10-5-15-43(41)35-19-25-38(26-20-35)46-30-45(37-23-17-32(18-24-37)40-12-7-29-48-31-40)49-47(50-46)39-27-21-36(22-28-39)44-16-6-11-34-9-2-4-14-42(34)44;1-2-10-40(31-48)34-17-23-36(24-18-34)45-30-46(50-47(49-45)38-27-19-33(20-28-38)32-11-4-3-5-12-32)37-25-21-35(22-26-37)44-29-39-13-6-7-14-41(39)42-15-8-9-16-43(42)44/h1-31H;2-31,48H,1H2/b;40-10+,48-31?. The number of nitrogens with one attached hydrogen (secondary N) is 1. The summed E-state index contributed by atoms with van der Waals surface area (Å²) in [6.45, 7) is 3.79. The first kappa shape index (κ1) is 61.5. The maximum Gasteiger partial charge on any atom is 0.160 e. The van der Waals surface area contributed by atoms with Crippen LogP contribution in [0.25, 0.3) is 172 Å².